The number of fused-ring (bicyclic) bond motifs is 2. The highest BCUT2D eigenvalue weighted by Gasteiger charge is 2.02. The first-order valence-electron chi connectivity index (χ1n) is 8.01. The minimum absolute atomic E-state index is 0.279. The molecule has 0 aliphatic rings. The van der Waals surface area contributed by atoms with E-state index >= 15 is 0 Å². The van der Waals surface area contributed by atoms with E-state index in [0.29, 0.717) is 6.54 Å². The summed E-state index contributed by atoms with van der Waals surface area (Å²) in [5, 5.41) is 6.43. The Kier molecular flexibility index (Phi) is 3.92. The number of aromatic amines is 2. The summed E-state index contributed by atoms with van der Waals surface area (Å²) in [4.78, 5) is 10.8. The summed E-state index contributed by atoms with van der Waals surface area (Å²) in [6, 6.07) is 16.2. The predicted octanol–water partition coefficient (Wildman–Crippen LogP) is 3.09. The molecule has 0 fully saturated rings. The van der Waals surface area contributed by atoms with Crippen LogP contribution in [0.1, 0.15) is 11.1 Å². The molecule has 0 radical (unpaired) electrons. The van der Waals surface area contributed by atoms with Crippen molar-refractivity contribution in [2.24, 2.45) is 15.8 Å². The molecule has 0 bridgehead atoms. The maximum atomic E-state index is 5.89. The van der Waals surface area contributed by atoms with Crippen molar-refractivity contribution in [1.82, 2.24) is 15.4 Å². The molecule has 0 amide bonds. The van der Waals surface area contributed by atoms with Crippen LogP contribution in [-0.2, 0) is 6.54 Å². The summed E-state index contributed by atoms with van der Waals surface area (Å²) in [7, 11) is 0. The van der Waals surface area contributed by atoms with Gasteiger partial charge in [-0.1, -0.05) is 36.4 Å². The van der Waals surface area contributed by atoms with Crippen molar-refractivity contribution in [3.05, 3.63) is 72.1 Å². The highest BCUT2D eigenvalue weighted by atomic mass is 15.3. The third-order valence-electron chi connectivity index (χ3n) is 4.10. The van der Waals surface area contributed by atoms with Gasteiger partial charge in [-0.2, -0.15) is 5.10 Å². The number of hydrogen-bond acceptors (Lipinski definition) is 2. The molecule has 6 heteroatoms. The largest absolute Gasteiger partial charge is 0.369 e. The lowest BCUT2D eigenvalue weighted by atomic mass is 10.2. The van der Waals surface area contributed by atoms with E-state index in [1.165, 1.54) is 0 Å². The van der Waals surface area contributed by atoms with Gasteiger partial charge in [-0.25, -0.2) is 10.4 Å². The van der Waals surface area contributed by atoms with Crippen LogP contribution in [0.3, 0.4) is 0 Å². The molecular formula is C19H18N6. The number of aliphatic imine (C=N–C) groups is 1. The minimum Gasteiger partial charge on any atom is -0.369 e. The van der Waals surface area contributed by atoms with Gasteiger partial charge in [0.05, 0.1) is 12.8 Å². The first-order chi connectivity index (χ1) is 12.3. The molecule has 2 aromatic carbocycles. The van der Waals surface area contributed by atoms with Crippen LogP contribution in [0.5, 0.6) is 0 Å². The zero-order valence-corrected chi connectivity index (χ0v) is 13.5. The highest BCUT2D eigenvalue weighted by Crippen LogP contribution is 2.18. The molecule has 124 valence electrons. The third kappa shape index (κ3) is 3.10. The van der Waals surface area contributed by atoms with Crippen molar-refractivity contribution in [3.8, 4) is 0 Å². The van der Waals surface area contributed by atoms with Gasteiger partial charge < -0.3 is 15.7 Å². The maximum absolute atomic E-state index is 5.89. The molecule has 0 saturated carbocycles. The van der Waals surface area contributed by atoms with Crippen molar-refractivity contribution < 1.29 is 0 Å². The van der Waals surface area contributed by atoms with Crippen molar-refractivity contribution in [2.45, 2.75) is 6.54 Å². The summed E-state index contributed by atoms with van der Waals surface area (Å²) in [6.07, 6.45) is 5.60. The zero-order valence-electron chi connectivity index (χ0n) is 13.5. The number of hydrogen-bond donors (Lipinski definition) is 4. The van der Waals surface area contributed by atoms with Gasteiger partial charge in [-0.05, 0) is 17.7 Å². The summed E-state index contributed by atoms with van der Waals surface area (Å²) >= 11 is 0. The second kappa shape index (κ2) is 6.52. The second-order valence-electron chi connectivity index (χ2n) is 5.72. The monoisotopic (exact) mass is 330 g/mol. The maximum Gasteiger partial charge on any atom is 0.209 e. The quantitative estimate of drug-likeness (QED) is 0.263. The van der Waals surface area contributed by atoms with Crippen LogP contribution in [0.25, 0.3) is 21.8 Å². The molecule has 2 heterocycles. The number of nitrogens with two attached hydrogens (primary N) is 1. The Morgan fingerprint density at radius 3 is 2.48 bits per heavy atom. The standard InChI is InChI=1S/C19H18N6/c20-19(23-11-13-9-21-17-7-3-1-5-15(13)17)25-24-12-14-10-22-18-8-4-2-6-16(14)18/h1-10,12,21-22H,11H2,(H3,20,23,25). The summed E-state index contributed by atoms with van der Waals surface area (Å²) < 4.78 is 0. The Labute approximate surface area is 144 Å². The Morgan fingerprint density at radius 1 is 0.960 bits per heavy atom. The summed E-state index contributed by atoms with van der Waals surface area (Å²) in [6.45, 7) is 0.492. The molecule has 0 atom stereocenters. The number of nitrogens with one attached hydrogen (secondary N) is 3. The van der Waals surface area contributed by atoms with E-state index in [1.807, 2.05) is 54.9 Å². The normalized spacial score (nSPS) is 12.4. The van der Waals surface area contributed by atoms with Gasteiger partial charge >= 0.3 is 0 Å². The van der Waals surface area contributed by atoms with E-state index in [4.69, 9.17) is 5.73 Å². The van der Waals surface area contributed by atoms with Crippen molar-refractivity contribution in [3.63, 3.8) is 0 Å². The molecule has 6 nitrogen and oxygen atoms in total. The minimum atomic E-state index is 0.279. The lowest BCUT2D eigenvalue weighted by Gasteiger charge is -1.99. The summed E-state index contributed by atoms with van der Waals surface area (Å²) in [5.41, 5.74) is 12.9. The topological polar surface area (TPSA) is 94.3 Å². The first-order valence-corrected chi connectivity index (χ1v) is 8.01. The molecule has 5 N–H and O–H groups in total. The molecule has 4 rings (SSSR count). The molecule has 0 saturated heterocycles. The zero-order chi connectivity index (χ0) is 17.1. The van der Waals surface area contributed by atoms with Gasteiger partial charge in [0.15, 0.2) is 0 Å². The van der Waals surface area contributed by atoms with Crippen LogP contribution >= 0.6 is 0 Å². The smallest absolute Gasteiger partial charge is 0.209 e. The summed E-state index contributed by atoms with van der Waals surface area (Å²) in [5.74, 6) is 0.279. The molecule has 4 aromatic rings. The number of H-pyrrole nitrogens is 2. The van der Waals surface area contributed by atoms with Crippen LogP contribution in [0.4, 0.5) is 0 Å². The van der Waals surface area contributed by atoms with Crippen LogP contribution in [0, 0.1) is 0 Å². The Balaban J connectivity index is 1.43. The van der Waals surface area contributed by atoms with E-state index in [2.05, 4.69) is 31.6 Å². The third-order valence-corrected chi connectivity index (χ3v) is 4.10. The fourth-order valence-electron chi connectivity index (χ4n) is 2.84. The van der Waals surface area contributed by atoms with Gasteiger partial charge in [-0.3, -0.25) is 0 Å². The molecule has 0 aliphatic carbocycles. The van der Waals surface area contributed by atoms with Crippen LogP contribution in [0.15, 0.2) is 71.0 Å². The van der Waals surface area contributed by atoms with E-state index in [1.54, 1.807) is 6.21 Å². The number of para-hydroxylation sites is 2. The van der Waals surface area contributed by atoms with Gasteiger partial charge in [0.25, 0.3) is 0 Å². The number of benzene rings is 2. The first kappa shape index (κ1) is 15.0. The number of nitrogens with zero attached hydrogens (tertiary/aromatic N) is 2. The number of aromatic nitrogens is 2. The molecule has 0 aliphatic heterocycles. The Morgan fingerprint density at radius 2 is 1.64 bits per heavy atom. The average Bonchev–Trinajstić information content (AvgIpc) is 3.24. The van der Waals surface area contributed by atoms with Gasteiger partial charge in [0.2, 0.25) is 5.96 Å². The molecular weight excluding hydrogens is 312 g/mol. The molecule has 0 unspecified atom stereocenters. The van der Waals surface area contributed by atoms with Crippen molar-refractivity contribution in [2.75, 3.05) is 0 Å². The molecule has 25 heavy (non-hydrogen) atoms. The fraction of sp³-hybridized carbons (Fsp3) is 0.0526. The van der Waals surface area contributed by atoms with Crippen LogP contribution in [0.2, 0.25) is 0 Å². The Hall–Kier alpha value is -3.54. The van der Waals surface area contributed by atoms with E-state index in [9.17, 15) is 0 Å². The SMILES string of the molecule is NC(=NCc1c[nH]c2ccccc12)NN=Cc1c[nH]c2ccccc12. The number of rotatable bonds is 4. The highest BCUT2D eigenvalue weighted by molar-refractivity contribution is 5.99. The second-order valence-corrected chi connectivity index (χ2v) is 5.72. The number of hydrazone groups is 1. The van der Waals surface area contributed by atoms with Gasteiger partial charge in [0, 0.05) is 39.8 Å². The van der Waals surface area contributed by atoms with E-state index < -0.39 is 0 Å². The van der Waals surface area contributed by atoms with E-state index in [-0.39, 0.29) is 5.96 Å². The van der Waals surface area contributed by atoms with Gasteiger partial charge in [-0.15, -0.1) is 0 Å². The average molecular weight is 330 g/mol. The van der Waals surface area contributed by atoms with E-state index in [0.717, 1.165) is 32.9 Å². The molecule has 2 aromatic heterocycles. The van der Waals surface area contributed by atoms with Crippen LogP contribution < -0.4 is 11.2 Å². The lowest BCUT2D eigenvalue weighted by molar-refractivity contribution is 0.966. The van der Waals surface area contributed by atoms with Gasteiger partial charge in [0.1, 0.15) is 0 Å². The van der Waals surface area contributed by atoms with Crippen molar-refractivity contribution >= 4 is 34.0 Å². The Bertz CT molecular complexity index is 1070. The number of guanidine groups is 1. The lowest BCUT2D eigenvalue weighted by Crippen LogP contribution is -2.27. The van der Waals surface area contributed by atoms with Crippen LogP contribution in [-0.4, -0.2) is 22.1 Å². The molecule has 0 spiro atoms. The fourth-order valence-corrected chi connectivity index (χ4v) is 2.84. The predicted molar refractivity (Wildman–Crippen MR) is 103 cm³/mol. The van der Waals surface area contributed by atoms with Crippen molar-refractivity contribution in [1.29, 1.82) is 0 Å².